The van der Waals surface area contributed by atoms with Crippen LogP contribution in [-0.4, -0.2) is 48.1 Å². The number of hydroxylamine groups is 1. The third kappa shape index (κ3) is 3.30. The molecule has 1 aromatic carbocycles. The summed E-state index contributed by atoms with van der Waals surface area (Å²) in [4.78, 5) is 29.5. The number of carbonyl (C=O) groups excluding carboxylic acids is 2. The quantitative estimate of drug-likeness (QED) is 0.641. The average molecular weight is 357 g/mol. The van der Waals surface area contributed by atoms with Gasteiger partial charge in [-0.05, 0) is 49.7 Å². The van der Waals surface area contributed by atoms with Crippen LogP contribution in [0.25, 0.3) is 0 Å². The maximum absolute atomic E-state index is 13.1. The van der Waals surface area contributed by atoms with Gasteiger partial charge < -0.3 is 9.80 Å². The summed E-state index contributed by atoms with van der Waals surface area (Å²) in [5.74, 6) is -0.994. The lowest BCUT2D eigenvalue weighted by Crippen LogP contribution is -2.53. The molecule has 2 aliphatic carbocycles. The van der Waals surface area contributed by atoms with Crippen molar-refractivity contribution in [3.05, 3.63) is 30.3 Å². The zero-order valence-corrected chi connectivity index (χ0v) is 15.1. The Labute approximate surface area is 154 Å². The van der Waals surface area contributed by atoms with Gasteiger partial charge in [0.25, 0.3) is 0 Å². The fourth-order valence-electron chi connectivity index (χ4n) is 4.72. The van der Waals surface area contributed by atoms with Crippen molar-refractivity contribution in [3.8, 4) is 0 Å². The van der Waals surface area contributed by atoms with E-state index in [2.05, 4.69) is 17.0 Å². The summed E-state index contributed by atoms with van der Waals surface area (Å²) < 4.78 is 0. The zero-order valence-electron chi connectivity index (χ0n) is 15.1. The Kier molecular flexibility index (Phi) is 4.61. The van der Waals surface area contributed by atoms with E-state index in [-0.39, 0.29) is 17.2 Å². The van der Waals surface area contributed by atoms with Crippen LogP contribution in [0.5, 0.6) is 0 Å². The molecule has 2 amide bonds. The summed E-state index contributed by atoms with van der Waals surface area (Å²) in [5.41, 5.74) is 3.25. The standard InChI is InChI=1S/C20H27N3O3/c24-18(21-26)17-14-20(8-9-20)7-6-16(17)19(25)23-12-10-22(11-13-23)15-4-2-1-3-5-15/h1-5,16-17,26H,6-14H2,(H,21,24). The van der Waals surface area contributed by atoms with E-state index in [4.69, 9.17) is 5.21 Å². The number of piperazine rings is 1. The van der Waals surface area contributed by atoms with Crippen molar-refractivity contribution in [1.82, 2.24) is 10.4 Å². The maximum Gasteiger partial charge on any atom is 0.247 e. The highest BCUT2D eigenvalue weighted by atomic mass is 16.5. The lowest BCUT2D eigenvalue weighted by molar-refractivity contribution is -0.148. The highest BCUT2D eigenvalue weighted by molar-refractivity contribution is 5.87. The second-order valence-corrected chi connectivity index (χ2v) is 8.08. The monoisotopic (exact) mass is 357 g/mol. The molecular weight excluding hydrogens is 330 g/mol. The van der Waals surface area contributed by atoms with Gasteiger partial charge in [-0.2, -0.15) is 0 Å². The molecule has 0 bridgehead atoms. The van der Waals surface area contributed by atoms with E-state index in [0.717, 1.165) is 45.2 Å². The molecule has 6 nitrogen and oxygen atoms in total. The van der Waals surface area contributed by atoms with Crippen molar-refractivity contribution in [2.24, 2.45) is 17.3 Å². The van der Waals surface area contributed by atoms with E-state index in [1.807, 2.05) is 23.1 Å². The van der Waals surface area contributed by atoms with Crippen LogP contribution in [0.3, 0.4) is 0 Å². The molecule has 4 rings (SSSR count). The first-order valence-corrected chi connectivity index (χ1v) is 9.65. The molecule has 26 heavy (non-hydrogen) atoms. The minimum absolute atomic E-state index is 0.0850. The lowest BCUT2D eigenvalue weighted by atomic mass is 9.71. The number of hydrogen-bond donors (Lipinski definition) is 2. The van der Waals surface area contributed by atoms with Crippen molar-refractivity contribution < 1.29 is 14.8 Å². The molecule has 6 heteroatoms. The molecule has 2 N–H and O–H groups in total. The SMILES string of the molecule is O=C(NO)C1CC2(CCC1C(=O)N1CCN(c3ccccc3)CC1)CC2. The van der Waals surface area contributed by atoms with Gasteiger partial charge in [0.1, 0.15) is 0 Å². The van der Waals surface area contributed by atoms with Gasteiger partial charge >= 0.3 is 0 Å². The summed E-state index contributed by atoms with van der Waals surface area (Å²) in [5, 5.41) is 9.12. The van der Waals surface area contributed by atoms with Gasteiger partial charge in [-0.3, -0.25) is 14.8 Å². The molecule has 1 aromatic rings. The Morgan fingerprint density at radius 2 is 1.69 bits per heavy atom. The van der Waals surface area contributed by atoms with Gasteiger partial charge in [-0.25, -0.2) is 5.48 Å². The smallest absolute Gasteiger partial charge is 0.247 e. The second-order valence-electron chi connectivity index (χ2n) is 8.08. The normalized spacial score (nSPS) is 27.3. The van der Waals surface area contributed by atoms with Crippen LogP contribution in [0.15, 0.2) is 30.3 Å². The minimum Gasteiger partial charge on any atom is -0.368 e. The molecule has 2 unspecified atom stereocenters. The van der Waals surface area contributed by atoms with Crippen molar-refractivity contribution in [3.63, 3.8) is 0 Å². The minimum atomic E-state index is -0.393. The summed E-state index contributed by atoms with van der Waals surface area (Å²) >= 11 is 0. The van der Waals surface area contributed by atoms with Gasteiger partial charge in [0, 0.05) is 37.8 Å². The van der Waals surface area contributed by atoms with Crippen molar-refractivity contribution in [2.45, 2.75) is 32.1 Å². The number of nitrogens with one attached hydrogen (secondary N) is 1. The molecule has 1 spiro atoms. The molecule has 140 valence electrons. The lowest BCUT2D eigenvalue weighted by Gasteiger charge is -2.41. The number of para-hydroxylation sites is 1. The van der Waals surface area contributed by atoms with Crippen LogP contribution in [-0.2, 0) is 9.59 Å². The third-order valence-electron chi connectivity index (χ3n) is 6.56. The summed E-state index contributed by atoms with van der Waals surface area (Å²) in [7, 11) is 0. The molecule has 3 fully saturated rings. The Morgan fingerprint density at radius 1 is 1.00 bits per heavy atom. The number of hydrogen-bond acceptors (Lipinski definition) is 4. The van der Waals surface area contributed by atoms with Crippen molar-refractivity contribution in [1.29, 1.82) is 0 Å². The summed E-state index contributed by atoms with van der Waals surface area (Å²) in [6, 6.07) is 10.2. The average Bonchev–Trinajstić information content (AvgIpc) is 3.46. The topological polar surface area (TPSA) is 72.9 Å². The van der Waals surface area contributed by atoms with E-state index >= 15 is 0 Å². The van der Waals surface area contributed by atoms with Crippen LogP contribution >= 0.6 is 0 Å². The molecular formula is C20H27N3O3. The summed E-state index contributed by atoms with van der Waals surface area (Å²) in [6.45, 7) is 2.98. The van der Waals surface area contributed by atoms with Crippen LogP contribution in [0.1, 0.15) is 32.1 Å². The van der Waals surface area contributed by atoms with E-state index in [0.29, 0.717) is 13.1 Å². The Balaban J connectivity index is 1.40. The molecule has 2 atom stereocenters. The third-order valence-corrected chi connectivity index (χ3v) is 6.56. The van der Waals surface area contributed by atoms with Gasteiger partial charge in [0.15, 0.2) is 0 Å². The second kappa shape index (κ2) is 6.91. The maximum atomic E-state index is 13.1. The number of anilines is 1. The van der Waals surface area contributed by atoms with Crippen LogP contribution in [0.4, 0.5) is 5.69 Å². The molecule has 3 aliphatic rings. The molecule has 1 aliphatic heterocycles. The molecule has 1 saturated heterocycles. The first kappa shape index (κ1) is 17.3. The number of nitrogens with zero attached hydrogens (tertiary/aromatic N) is 2. The van der Waals surface area contributed by atoms with Gasteiger partial charge in [0.2, 0.25) is 11.8 Å². The highest BCUT2D eigenvalue weighted by Gasteiger charge is 2.52. The van der Waals surface area contributed by atoms with Gasteiger partial charge in [-0.15, -0.1) is 0 Å². The van der Waals surface area contributed by atoms with Gasteiger partial charge in [0.05, 0.1) is 5.92 Å². The number of benzene rings is 1. The van der Waals surface area contributed by atoms with Crippen LogP contribution < -0.4 is 10.4 Å². The molecule has 0 radical (unpaired) electrons. The first-order chi connectivity index (χ1) is 12.6. The number of amides is 2. The fourth-order valence-corrected chi connectivity index (χ4v) is 4.72. The van der Waals surface area contributed by atoms with Crippen molar-refractivity contribution >= 4 is 17.5 Å². The van der Waals surface area contributed by atoms with Crippen LogP contribution in [0, 0.1) is 17.3 Å². The van der Waals surface area contributed by atoms with Gasteiger partial charge in [-0.1, -0.05) is 18.2 Å². The van der Waals surface area contributed by atoms with E-state index < -0.39 is 11.8 Å². The van der Waals surface area contributed by atoms with E-state index in [1.165, 1.54) is 5.69 Å². The van der Waals surface area contributed by atoms with E-state index in [1.54, 1.807) is 5.48 Å². The zero-order chi connectivity index (χ0) is 18.1. The molecule has 1 heterocycles. The Morgan fingerprint density at radius 3 is 2.31 bits per heavy atom. The Bertz CT molecular complexity index is 666. The van der Waals surface area contributed by atoms with Crippen LogP contribution in [0.2, 0.25) is 0 Å². The molecule has 0 aromatic heterocycles. The Hall–Kier alpha value is -2.08. The summed E-state index contributed by atoms with van der Waals surface area (Å²) in [6.07, 6.45) is 4.83. The highest BCUT2D eigenvalue weighted by Crippen LogP contribution is 2.59. The number of carbonyl (C=O) groups is 2. The fraction of sp³-hybridized carbons (Fsp3) is 0.600. The van der Waals surface area contributed by atoms with Crippen molar-refractivity contribution in [2.75, 3.05) is 31.1 Å². The predicted octanol–water partition coefficient (Wildman–Crippen LogP) is 2.04. The number of rotatable bonds is 3. The first-order valence-electron chi connectivity index (χ1n) is 9.65. The predicted molar refractivity (Wildman–Crippen MR) is 97.7 cm³/mol. The van der Waals surface area contributed by atoms with E-state index in [9.17, 15) is 9.59 Å². The molecule has 2 saturated carbocycles. The largest absolute Gasteiger partial charge is 0.368 e.